The summed E-state index contributed by atoms with van der Waals surface area (Å²) in [4.78, 5) is 10.4. The number of rotatable bonds is 2. The van der Waals surface area contributed by atoms with Gasteiger partial charge in [-0.1, -0.05) is 36.4 Å². The molecular weight excluding hydrogens is 204 g/mol. The molecule has 0 amide bonds. The molecule has 0 heterocycles. The minimum atomic E-state index is -1.33. The molecule has 3 nitrogen and oxygen atoms in total. The van der Waals surface area contributed by atoms with Gasteiger partial charge in [-0.3, -0.25) is 0 Å². The van der Waals surface area contributed by atoms with Crippen molar-refractivity contribution in [1.82, 2.24) is 0 Å². The van der Waals surface area contributed by atoms with Gasteiger partial charge >= 0.3 is 5.97 Å². The number of hydrogen-bond donors (Lipinski definition) is 2. The molecule has 0 aliphatic carbocycles. The molecule has 2 aromatic carbocycles. The van der Waals surface area contributed by atoms with Crippen LogP contribution in [-0.2, 0) is 4.79 Å². The predicted octanol–water partition coefficient (Wildman–Crippen LogP) is 2.82. The summed E-state index contributed by atoms with van der Waals surface area (Å²) < 4.78 is 0. The van der Waals surface area contributed by atoms with E-state index in [1.807, 2.05) is 36.4 Å². The zero-order valence-corrected chi connectivity index (χ0v) is 8.42. The Morgan fingerprint density at radius 1 is 1.00 bits per heavy atom. The van der Waals surface area contributed by atoms with Crippen molar-refractivity contribution in [2.24, 2.45) is 0 Å². The van der Waals surface area contributed by atoms with E-state index in [1.54, 1.807) is 6.07 Å². The Kier molecular flexibility index (Phi) is 2.60. The standard InChI is InChI=1S/C13H10O3/c14-12(13(15)16)8-9-5-6-10-3-1-2-4-11(10)7-9/h1-8,14H,(H,15,16)/b12-8-. The van der Waals surface area contributed by atoms with Crippen molar-refractivity contribution in [2.75, 3.05) is 0 Å². The van der Waals surface area contributed by atoms with Crippen molar-refractivity contribution >= 4 is 22.8 Å². The number of aliphatic hydroxyl groups excluding tert-OH is 1. The van der Waals surface area contributed by atoms with Crippen LogP contribution in [0.3, 0.4) is 0 Å². The third-order valence-electron chi connectivity index (χ3n) is 2.30. The van der Waals surface area contributed by atoms with E-state index in [0.717, 1.165) is 10.8 Å². The Morgan fingerprint density at radius 2 is 1.69 bits per heavy atom. The van der Waals surface area contributed by atoms with E-state index in [2.05, 4.69) is 0 Å². The molecule has 0 saturated heterocycles. The number of benzene rings is 2. The van der Waals surface area contributed by atoms with Gasteiger partial charge in [0, 0.05) is 0 Å². The highest BCUT2D eigenvalue weighted by atomic mass is 16.4. The fourth-order valence-corrected chi connectivity index (χ4v) is 1.52. The average Bonchev–Trinajstić information content (AvgIpc) is 2.28. The van der Waals surface area contributed by atoms with Crippen LogP contribution in [-0.4, -0.2) is 16.2 Å². The van der Waals surface area contributed by atoms with Gasteiger partial charge in [0.2, 0.25) is 5.76 Å². The Labute approximate surface area is 92.3 Å². The molecule has 0 saturated carbocycles. The van der Waals surface area contributed by atoms with E-state index in [-0.39, 0.29) is 0 Å². The molecule has 2 rings (SSSR count). The van der Waals surface area contributed by atoms with Gasteiger partial charge in [0.25, 0.3) is 0 Å². The smallest absolute Gasteiger partial charge is 0.370 e. The zero-order valence-electron chi connectivity index (χ0n) is 8.42. The molecule has 0 radical (unpaired) electrons. The van der Waals surface area contributed by atoms with E-state index in [1.165, 1.54) is 6.08 Å². The lowest BCUT2D eigenvalue weighted by molar-refractivity contribution is -0.135. The van der Waals surface area contributed by atoms with Crippen LogP contribution < -0.4 is 0 Å². The minimum Gasteiger partial charge on any atom is -0.502 e. The summed E-state index contributed by atoms with van der Waals surface area (Å²) in [6, 6.07) is 13.2. The van der Waals surface area contributed by atoms with Crippen molar-refractivity contribution in [2.45, 2.75) is 0 Å². The van der Waals surface area contributed by atoms with Crippen molar-refractivity contribution in [3.8, 4) is 0 Å². The first-order valence-electron chi connectivity index (χ1n) is 4.79. The lowest BCUT2D eigenvalue weighted by Gasteiger charge is -1.99. The van der Waals surface area contributed by atoms with Gasteiger partial charge in [0.15, 0.2) is 0 Å². The van der Waals surface area contributed by atoms with Crippen molar-refractivity contribution in [3.05, 3.63) is 53.8 Å². The molecule has 0 aromatic heterocycles. The second kappa shape index (κ2) is 4.06. The van der Waals surface area contributed by atoms with Gasteiger partial charge in [0.05, 0.1) is 0 Å². The first kappa shape index (κ1) is 10.2. The van der Waals surface area contributed by atoms with E-state index >= 15 is 0 Å². The minimum absolute atomic E-state index is 0.657. The monoisotopic (exact) mass is 214 g/mol. The number of carbonyl (C=O) groups is 1. The summed E-state index contributed by atoms with van der Waals surface area (Å²) in [5.74, 6) is -1.98. The molecule has 80 valence electrons. The molecule has 0 bridgehead atoms. The lowest BCUT2D eigenvalue weighted by Crippen LogP contribution is -1.98. The van der Waals surface area contributed by atoms with E-state index in [4.69, 9.17) is 10.2 Å². The van der Waals surface area contributed by atoms with E-state index in [0.29, 0.717) is 5.56 Å². The van der Waals surface area contributed by atoms with Crippen LogP contribution in [0.25, 0.3) is 16.8 Å². The number of aliphatic carboxylic acids is 1. The molecule has 3 heteroatoms. The number of fused-ring (bicyclic) bond motifs is 1. The van der Waals surface area contributed by atoms with Crippen LogP contribution in [0.2, 0.25) is 0 Å². The first-order chi connectivity index (χ1) is 7.66. The van der Waals surface area contributed by atoms with Crippen molar-refractivity contribution in [1.29, 1.82) is 0 Å². The SMILES string of the molecule is O=C(O)/C(O)=C/c1ccc2ccccc2c1. The van der Waals surface area contributed by atoms with Crippen LogP contribution >= 0.6 is 0 Å². The summed E-state index contributed by atoms with van der Waals surface area (Å²) in [6.07, 6.45) is 1.23. The second-order valence-corrected chi connectivity index (χ2v) is 3.44. The molecule has 0 aliphatic rings. The summed E-state index contributed by atoms with van der Waals surface area (Å²) in [6.45, 7) is 0. The number of hydrogen-bond acceptors (Lipinski definition) is 2. The van der Waals surface area contributed by atoms with Crippen LogP contribution in [0.4, 0.5) is 0 Å². The van der Waals surface area contributed by atoms with Gasteiger partial charge in [-0.2, -0.15) is 0 Å². The third kappa shape index (κ3) is 2.03. The van der Waals surface area contributed by atoms with Gasteiger partial charge in [-0.25, -0.2) is 4.79 Å². The molecular formula is C13H10O3. The summed E-state index contributed by atoms with van der Waals surface area (Å²) in [5, 5.41) is 19.7. The zero-order chi connectivity index (χ0) is 11.5. The topological polar surface area (TPSA) is 57.5 Å². The summed E-state index contributed by atoms with van der Waals surface area (Å²) in [5.41, 5.74) is 0.665. The Hall–Kier alpha value is -2.29. The van der Waals surface area contributed by atoms with Gasteiger partial charge in [0.1, 0.15) is 0 Å². The molecule has 0 atom stereocenters. The Morgan fingerprint density at radius 3 is 2.38 bits per heavy atom. The molecule has 2 N–H and O–H groups in total. The van der Waals surface area contributed by atoms with Crippen LogP contribution in [0.1, 0.15) is 5.56 Å². The highest BCUT2D eigenvalue weighted by Crippen LogP contribution is 2.17. The summed E-state index contributed by atoms with van der Waals surface area (Å²) in [7, 11) is 0. The maximum Gasteiger partial charge on any atom is 0.370 e. The second-order valence-electron chi connectivity index (χ2n) is 3.44. The maximum absolute atomic E-state index is 10.4. The molecule has 0 fully saturated rings. The van der Waals surface area contributed by atoms with E-state index in [9.17, 15) is 4.79 Å². The maximum atomic E-state index is 10.4. The quantitative estimate of drug-likeness (QED) is 0.597. The first-order valence-corrected chi connectivity index (χ1v) is 4.79. The normalized spacial score (nSPS) is 11.6. The highest BCUT2D eigenvalue weighted by Gasteiger charge is 2.03. The Balaban J connectivity index is 2.47. The predicted molar refractivity (Wildman–Crippen MR) is 62.2 cm³/mol. The molecule has 2 aromatic rings. The van der Waals surface area contributed by atoms with Gasteiger partial charge in [-0.05, 0) is 28.5 Å². The average molecular weight is 214 g/mol. The van der Waals surface area contributed by atoms with Crippen molar-refractivity contribution < 1.29 is 15.0 Å². The Bertz CT molecular complexity index is 570. The summed E-state index contributed by atoms with van der Waals surface area (Å²) >= 11 is 0. The molecule has 0 aliphatic heterocycles. The van der Waals surface area contributed by atoms with Crippen LogP contribution in [0, 0.1) is 0 Å². The van der Waals surface area contributed by atoms with Crippen LogP contribution in [0.5, 0.6) is 0 Å². The number of aliphatic hydroxyl groups is 1. The van der Waals surface area contributed by atoms with E-state index < -0.39 is 11.7 Å². The molecule has 0 unspecified atom stereocenters. The molecule has 16 heavy (non-hydrogen) atoms. The van der Waals surface area contributed by atoms with Gasteiger partial charge < -0.3 is 10.2 Å². The number of carboxylic acid groups (broad SMARTS) is 1. The molecule has 0 spiro atoms. The van der Waals surface area contributed by atoms with Crippen molar-refractivity contribution in [3.63, 3.8) is 0 Å². The van der Waals surface area contributed by atoms with Crippen LogP contribution in [0.15, 0.2) is 48.2 Å². The third-order valence-corrected chi connectivity index (χ3v) is 2.30. The fraction of sp³-hybridized carbons (Fsp3) is 0. The lowest BCUT2D eigenvalue weighted by atomic mass is 10.1. The highest BCUT2D eigenvalue weighted by molar-refractivity contribution is 5.91. The fourth-order valence-electron chi connectivity index (χ4n) is 1.52. The van der Waals surface area contributed by atoms with Gasteiger partial charge in [-0.15, -0.1) is 0 Å². The number of carboxylic acids is 1. The largest absolute Gasteiger partial charge is 0.502 e.